The highest BCUT2D eigenvalue weighted by Gasteiger charge is 2.71. The van der Waals surface area contributed by atoms with Gasteiger partial charge in [-0.1, -0.05) is 53.2 Å². The molecule has 23 heteroatoms. The molecule has 5 aliphatic carbocycles. The van der Waals surface area contributed by atoms with Crippen LogP contribution in [0.2, 0.25) is 0 Å². The second kappa shape index (κ2) is 22.2. The van der Waals surface area contributed by atoms with Gasteiger partial charge in [0.1, 0.15) is 73.2 Å². The van der Waals surface area contributed by atoms with Gasteiger partial charge in [-0.2, -0.15) is 0 Å². The first-order chi connectivity index (χ1) is 36.5. The van der Waals surface area contributed by atoms with Crippen LogP contribution in [0.3, 0.4) is 0 Å². The van der Waals surface area contributed by atoms with E-state index >= 15 is 4.79 Å². The summed E-state index contributed by atoms with van der Waals surface area (Å²) in [7, 11) is 0. The molecule has 0 radical (unpaired) electrons. The highest BCUT2D eigenvalue weighted by atomic mass is 16.8. The Balaban J connectivity index is 0.983. The molecule has 0 aromatic carbocycles. The number of aliphatic hydroxyl groups is 12. The molecule has 4 saturated heterocycles. The van der Waals surface area contributed by atoms with Crippen LogP contribution in [0, 0.1) is 50.2 Å². The predicted molar refractivity (Wildman–Crippen MR) is 266 cm³/mol. The fourth-order valence-electron chi connectivity index (χ4n) is 16.4. The summed E-state index contributed by atoms with van der Waals surface area (Å²) in [6, 6.07) is 0. The van der Waals surface area contributed by atoms with Crippen LogP contribution in [0.15, 0.2) is 11.6 Å². The molecule has 0 spiro atoms. The standard InChI is InChI=1S/C55H88O23/c1-24-34(59)38(63)42(67)46(72-24)77-44-40(65)36(61)30(22-71-45-41(66)37(62)29(21-70-45)73-25(2)58)75-48(44)78-49(69)55-17-15-50(3,4)19-27(55)26-9-10-32-51(5)13-12-33(76-47-43(68)39(64)35(60)28(20-56)74-47)52(6,23-57)31(51)11-14-54(32,8)53(26,7)16-18-55/h9,24,27-48,56-57,59-68H,10-23H2,1-8H3/t24-,27-,28+,29+,30+,31+,32+,33-,34-,35+,36+,37-,38+,39-,40-,41+,42+,43+,44+,45-,46-,47-,48-,51-,52-,53+,54+,55-/m0/s1. The minimum atomic E-state index is -1.92. The number of fused-ring (bicyclic) bond motifs is 7. The Morgan fingerprint density at radius 3 is 1.94 bits per heavy atom. The molecule has 9 rings (SSSR count). The van der Waals surface area contributed by atoms with Crippen molar-refractivity contribution < 1.29 is 113 Å². The monoisotopic (exact) mass is 1120 g/mol. The van der Waals surface area contributed by atoms with Gasteiger partial charge in [-0.3, -0.25) is 9.59 Å². The molecule has 4 heterocycles. The number of rotatable bonds is 12. The highest BCUT2D eigenvalue weighted by Crippen LogP contribution is 2.76. The van der Waals surface area contributed by atoms with Gasteiger partial charge in [-0.15, -0.1) is 0 Å². The lowest BCUT2D eigenvalue weighted by Crippen LogP contribution is -2.67. The van der Waals surface area contributed by atoms with Crippen molar-refractivity contribution in [1.29, 1.82) is 0 Å². The zero-order chi connectivity index (χ0) is 57.0. The maximum atomic E-state index is 15.6. The average Bonchev–Trinajstić information content (AvgIpc) is 2.05. The van der Waals surface area contributed by atoms with Gasteiger partial charge >= 0.3 is 11.9 Å². The molecule has 0 aromatic rings. The average molecular weight is 1120 g/mol. The molecule has 0 bridgehead atoms. The summed E-state index contributed by atoms with van der Waals surface area (Å²) in [6.45, 7) is 14.2. The summed E-state index contributed by atoms with van der Waals surface area (Å²) in [5.41, 5.74) is -1.94. The molecule has 23 nitrogen and oxygen atoms in total. The molecule has 0 unspecified atom stereocenters. The Kier molecular flexibility index (Phi) is 17.2. The van der Waals surface area contributed by atoms with Crippen molar-refractivity contribution in [2.75, 3.05) is 26.4 Å². The summed E-state index contributed by atoms with van der Waals surface area (Å²) in [4.78, 5) is 27.2. The van der Waals surface area contributed by atoms with E-state index in [4.69, 9.17) is 42.6 Å². The molecule has 4 saturated carbocycles. The fraction of sp³-hybridized carbons (Fsp3) is 0.927. The van der Waals surface area contributed by atoms with E-state index in [1.54, 1.807) is 0 Å². The maximum Gasteiger partial charge on any atom is 0.315 e. The lowest BCUT2D eigenvalue weighted by molar-refractivity contribution is -0.365. The summed E-state index contributed by atoms with van der Waals surface area (Å²) in [5, 5.41) is 130. The van der Waals surface area contributed by atoms with E-state index in [1.807, 2.05) is 6.92 Å². The van der Waals surface area contributed by atoms with Crippen LogP contribution in [0.5, 0.6) is 0 Å². The predicted octanol–water partition coefficient (Wildman–Crippen LogP) is -0.825. The quantitative estimate of drug-likeness (QED) is 0.0645. The summed E-state index contributed by atoms with van der Waals surface area (Å²) >= 11 is 0. The van der Waals surface area contributed by atoms with Crippen molar-refractivity contribution in [2.24, 2.45) is 50.2 Å². The summed E-state index contributed by atoms with van der Waals surface area (Å²) in [6.07, 6.45) is -21.9. The number of hydrogen-bond acceptors (Lipinski definition) is 23. The Labute approximate surface area is 455 Å². The first-order valence-electron chi connectivity index (χ1n) is 28.1. The van der Waals surface area contributed by atoms with Crippen molar-refractivity contribution >= 4 is 11.9 Å². The van der Waals surface area contributed by atoms with Crippen molar-refractivity contribution in [3.05, 3.63) is 11.6 Å². The SMILES string of the molecule is CC(=O)O[C@@H]1CO[C@@H](OC[C@H]2O[C@@H](OC(=O)[C@]34CCC(C)(C)C[C@H]3C3=CC[C@@H]5[C@@]6(C)CC[C@H](O[C@@H]7O[C@H](CO)[C@@H](O)[C@H](O)[C@H]7O)[C@@](C)(CO)[C@@H]6CC[C@@]5(C)[C@]3(C)CC4)[C@H](O[C@@H]3O[C@@H](C)[C@H](O)[C@@H](O)[C@H]3O)[C@@H](O)[C@@H]2O)[C@H](O)[C@H]1O. The van der Waals surface area contributed by atoms with E-state index in [-0.39, 0.29) is 47.2 Å². The summed E-state index contributed by atoms with van der Waals surface area (Å²) < 4.78 is 53.2. The maximum absolute atomic E-state index is 15.6. The van der Waals surface area contributed by atoms with Gasteiger partial charge in [0.25, 0.3) is 0 Å². The zero-order valence-electron chi connectivity index (χ0n) is 46.1. The third kappa shape index (κ3) is 10.0. The van der Waals surface area contributed by atoms with Crippen LogP contribution in [-0.4, -0.2) is 222 Å². The van der Waals surface area contributed by atoms with E-state index in [9.17, 15) is 66.1 Å². The third-order valence-electron chi connectivity index (χ3n) is 21.4. The second-order valence-corrected chi connectivity index (χ2v) is 26.3. The molecule has 12 N–H and O–H groups in total. The van der Waals surface area contributed by atoms with Gasteiger partial charge in [0.05, 0.1) is 44.1 Å². The van der Waals surface area contributed by atoms with Crippen molar-refractivity contribution in [2.45, 2.75) is 242 Å². The lowest BCUT2D eigenvalue weighted by atomic mass is 9.33. The molecular formula is C55H88O23. The first kappa shape index (κ1) is 60.5. The first-order valence-corrected chi connectivity index (χ1v) is 28.1. The fourth-order valence-corrected chi connectivity index (χ4v) is 16.4. The smallest absolute Gasteiger partial charge is 0.315 e. The van der Waals surface area contributed by atoms with Gasteiger partial charge in [0.15, 0.2) is 31.1 Å². The van der Waals surface area contributed by atoms with Crippen LogP contribution >= 0.6 is 0 Å². The molecule has 4 aliphatic heterocycles. The normalized spacial score (nSPS) is 53.1. The number of allylic oxidation sites excluding steroid dienone is 2. The minimum absolute atomic E-state index is 0.0431. The molecule has 446 valence electrons. The number of ether oxygens (including phenoxy) is 9. The Morgan fingerprint density at radius 2 is 1.27 bits per heavy atom. The van der Waals surface area contributed by atoms with Crippen LogP contribution < -0.4 is 0 Å². The Morgan fingerprint density at radius 1 is 0.641 bits per heavy atom. The number of esters is 2. The molecule has 8 fully saturated rings. The number of aliphatic hydroxyl groups excluding tert-OH is 12. The number of carbonyl (C=O) groups excluding carboxylic acids is 2. The van der Waals surface area contributed by atoms with E-state index in [1.165, 1.54) is 12.5 Å². The topological polar surface area (TPSA) is 360 Å². The van der Waals surface area contributed by atoms with Gasteiger partial charge < -0.3 is 104 Å². The van der Waals surface area contributed by atoms with Gasteiger partial charge in [-0.05, 0) is 111 Å². The van der Waals surface area contributed by atoms with E-state index in [0.717, 1.165) is 19.8 Å². The zero-order valence-corrected chi connectivity index (χ0v) is 46.1. The van der Waals surface area contributed by atoms with Crippen LogP contribution in [0.1, 0.15) is 120 Å². The van der Waals surface area contributed by atoms with Crippen molar-refractivity contribution in [3.63, 3.8) is 0 Å². The molecule has 9 aliphatic rings. The lowest BCUT2D eigenvalue weighted by Gasteiger charge is -2.71. The van der Waals surface area contributed by atoms with E-state index in [2.05, 4.69) is 40.7 Å². The van der Waals surface area contributed by atoms with Crippen LogP contribution in [0.25, 0.3) is 0 Å². The van der Waals surface area contributed by atoms with Crippen molar-refractivity contribution in [3.8, 4) is 0 Å². The molecule has 0 amide bonds. The Hall–Kier alpha value is -2.08. The van der Waals surface area contributed by atoms with E-state index in [0.29, 0.717) is 51.4 Å². The van der Waals surface area contributed by atoms with E-state index < -0.39 is 164 Å². The largest absolute Gasteiger partial charge is 0.457 e. The Bertz CT molecular complexity index is 2180. The second-order valence-electron chi connectivity index (χ2n) is 26.3. The summed E-state index contributed by atoms with van der Waals surface area (Å²) in [5.74, 6) is -1.57. The molecule has 78 heavy (non-hydrogen) atoms. The third-order valence-corrected chi connectivity index (χ3v) is 21.4. The van der Waals surface area contributed by atoms with Gasteiger partial charge in [-0.25, -0.2) is 0 Å². The molecule has 28 atom stereocenters. The highest BCUT2D eigenvalue weighted by molar-refractivity contribution is 5.79. The van der Waals surface area contributed by atoms with Crippen LogP contribution in [0.4, 0.5) is 0 Å². The number of carbonyl (C=O) groups is 2. The minimum Gasteiger partial charge on any atom is -0.457 e. The molecular weight excluding hydrogens is 1030 g/mol. The number of hydrogen-bond donors (Lipinski definition) is 12. The van der Waals surface area contributed by atoms with Crippen LogP contribution in [-0.2, 0) is 52.2 Å². The van der Waals surface area contributed by atoms with Crippen molar-refractivity contribution in [1.82, 2.24) is 0 Å². The molecule has 0 aromatic heterocycles. The van der Waals surface area contributed by atoms with Gasteiger partial charge in [0.2, 0.25) is 6.29 Å². The van der Waals surface area contributed by atoms with Gasteiger partial charge in [0, 0.05) is 12.3 Å².